The molecule has 164 valence electrons. The van der Waals surface area contributed by atoms with Gasteiger partial charge in [0.15, 0.2) is 11.5 Å². The first-order valence-electron chi connectivity index (χ1n) is 10.9. The van der Waals surface area contributed by atoms with Crippen LogP contribution in [0.15, 0.2) is 48.7 Å². The number of fused-ring (bicyclic) bond motifs is 1. The van der Waals surface area contributed by atoms with Gasteiger partial charge in [-0.2, -0.15) is 0 Å². The number of ether oxygens (including phenoxy) is 2. The van der Waals surface area contributed by atoms with Gasteiger partial charge in [-0.05, 0) is 37.5 Å². The Morgan fingerprint density at radius 2 is 1.84 bits per heavy atom. The van der Waals surface area contributed by atoms with Crippen LogP contribution in [0, 0.1) is 0 Å². The number of nitrogens with zero attached hydrogens (tertiary/aromatic N) is 1. The third kappa shape index (κ3) is 4.26. The van der Waals surface area contributed by atoms with Crippen molar-refractivity contribution in [1.82, 2.24) is 15.2 Å². The van der Waals surface area contributed by atoms with Gasteiger partial charge in [0.05, 0.1) is 20.3 Å². The molecule has 1 aliphatic rings. The molecule has 0 aliphatic carbocycles. The lowest BCUT2D eigenvalue weighted by Crippen LogP contribution is -2.44. The first-order chi connectivity index (χ1) is 15.1. The normalized spacial score (nSPS) is 15.8. The summed E-state index contributed by atoms with van der Waals surface area (Å²) in [7, 11) is 3.32. The zero-order valence-electron chi connectivity index (χ0n) is 18.5. The Kier molecular flexibility index (Phi) is 6.47. The highest BCUT2D eigenvalue weighted by Gasteiger charge is 2.27. The Bertz CT molecular complexity index is 1040. The molecule has 2 N–H and O–H groups in total. The van der Waals surface area contributed by atoms with Gasteiger partial charge < -0.3 is 24.7 Å². The van der Waals surface area contributed by atoms with Gasteiger partial charge in [-0.15, -0.1) is 0 Å². The maximum atomic E-state index is 12.8. The zero-order chi connectivity index (χ0) is 21.8. The Labute approximate surface area is 183 Å². The molecule has 2 atom stereocenters. The quantitative estimate of drug-likeness (QED) is 0.579. The van der Waals surface area contributed by atoms with Crippen molar-refractivity contribution < 1.29 is 14.3 Å². The van der Waals surface area contributed by atoms with Gasteiger partial charge in [0, 0.05) is 48.2 Å². The number of para-hydroxylation sites is 2. The molecule has 0 saturated carbocycles. The summed E-state index contributed by atoms with van der Waals surface area (Å²) in [5.74, 6) is 1.58. The van der Waals surface area contributed by atoms with Gasteiger partial charge in [0.25, 0.3) is 0 Å². The maximum Gasteiger partial charge on any atom is 0.239 e. The van der Waals surface area contributed by atoms with Gasteiger partial charge >= 0.3 is 0 Å². The van der Waals surface area contributed by atoms with Crippen molar-refractivity contribution in [3.8, 4) is 11.5 Å². The summed E-state index contributed by atoms with van der Waals surface area (Å²) in [6, 6.07) is 14.0. The predicted molar refractivity (Wildman–Crippen MR) is 123 cm³/mol. The molecule has 0 spiro atoms. The number of H-pyrrole nitrogens is 1. The van der Waals surface area contributed by atoms with Crippen molar-refractivity contribution >= 4 is 16.8 Å². The van der Waals surface area contributed by atoms with Gasteiger partial charge in [-0.25, -0.2) is 0 Å². The number of carbonyl (C=O) groups is 1. The van der Waals surface area contributed by atoms with Crippen LogP contribution < -0.4 is 14.8 Å². The van der Waals surface area contributed by atoms with Crippen molar-refractivity contribution in [1.29, 1.82) is 0 Å². The first kappa shape index (κ1) is 21.2. The number of amides is 1. The SMILES string of the molecule is COc1cccc([C@@H](CN[C@@H](C)C(=O)N2CCCC2)c2c[nH]c3ccccc23)c1OC. The summed E-state index contributed by atoms with van der Waals surface area (Å²) in [6.45, 7) is 4.28. The topological polar surface area (TPSA) is 66.6 Å². The van der Waals surface area contributed by atoms with Crippen molar-refractivity contribution in [3.05, 3.63) is 59.8 Å². The highest BCUT2D eigenvalue weighted by molar-refractivity contribution is 5.84. The molecule has 1 aliphatic heterocycles. The van der Waals surface area contributed by atoms with Gasteiger partial charge in [-0.3, -0.25) is 4.79 Å². The van der Waals surface area contributed by atoms with E-state index >= 15 is 0 Å². The number of methoxy groups -OCH3 is 2. The number of hydrogen-bond donors (Lipinski definition) is 2. The third-order valence-corrected chi connectivity index (χ3v) is 6.22. The van der Waals surface area contributed by atoms with Gasteiger partial charge in [0.1, 0.15) is 0 Å². The van der Waals surface area contributed by atoms with E-state index in [4.69, 9.17) is 9.47 Å². The summed E-state index contributed by atoms with van der Waals surface area (Å²) in [5, 5.41) is 4.66. The van der Waals surface area contributed by atoms with Gasteiger partial charge in [-0.1, -0.05) is 30.3 Å². The van der Waals surface area contributed by atoms with Crippen LogP contribution in [-0.4, -0.2) is 55.7 Å². The number of carbonyl (C=O) groups excluding carboxylic acids is 1. The summed E-state index contributed by atoms with van der Waals surface area (Å²) in [5.41, 5.74) is 3.28. The summed E-state index contributed by atoms with van der Waals surface area (Å²) < 4.78 is 11.3. The van der Waals surface area contributed by atoms with E-state index in [9.17, 15) is 4.79 Å². The lowest BCUT2D eigenvalue weighted by Gasteiger charge is -2.25. The lowest BCUT2D eigenvalue weighted by atomic mass is 9.89. The number of likely N-dealkylation sites (tertiary alicyclic amines) is 1. The van der Waals surface area contributed by atoms with Crippen LogP contribution in [0.25, 0.3) is 10.9 Å². The fourth-order valence-electron chi connectivity index (χ4n) is 4.55. The number of rotatable bonds is 8. The zero-order valence-corrected chi connectivity index (χ0v) is 18.5. The highest BCUT2D eigenvalue weighted by Crippen LogP contribution is 2.40. The number of aromatic amines is 1. The molecule has 6 heteroatoms. The monoisotopic (exact) mass is 421 g/mol. The van der Waals surface area contributed by atoms with Crippen molar-refractivity contribution in [3.63, 3.8) is 0 Å². The van der Waals surface area contributed by atoms with Crippen LogP contribution in [0.3, 0.4) is 0 Å². The molecular weight excluding hydrogens is 390 g/mol. The molecule has 1 aromatic heterocycles. The molecule has 0 unspecified atom stereocenters. The summed E-state index contributed by atoms with van der Waals surface area (Å²) in [4.78, 5) is 18.2. The Morgan fingerprint density at radius 3 is 2.58 bits per heavy atom. The lowest BCUT2D eigenvalue weighted by molar-refractivity contribution is -0.131. The fraction of sp³-hybridized carbons (Fsp3) is 0.400. The molecular formula is C25H31N3O3. The molecule has 1 fully saturated rings. The maximum absolute atomic E-state index is 12.8. The van der Waals surface area contributed by atoms with Crippen LogP contribution in [0.4, 0.5) is 0 Å². The van der Waals surface area contributed by atoms with E-state index < -0.39 is 0 Å². The molecule has 1 amide bonds. The van der Waals surface area contributed by atoms with Crippen molar-refractivity contribution in [2.24, 2.45) is 0 Å². The largest absolute Gasteiger partial charge is 0.493 e. The summed E-state index contributed by atoms with van der Waals surface area (Å²) >= 11 is 0. The fourth-order valence-corrected chi connectivity index (χ4v) is 4.55. The van der Waals surface area contributed by atoms with Gasteiger partial charge in [0.2, 0.25) is 5.91 Å². The molecule has 31 heavy (non-hydrogen) atoms. The molecule has 2 aromatic carbocycles. The predicted octanol–water partition coefficient (Wildman–Crippen LogP) is 3.92. The minimum atomic E-state index is -0.248. The van der Waals surface area contributed by atoms with Crippen LogP contribution in [0.2, 0.25) is 0 Å². The van der Waals surface area contributed by atoms with E-state index in [0.717, 1.165) is 53.7 Å². The van der Waals surface area contributed by atoms with Crippen LogP contribution in [-0.2, 0) is 4.79 Å². The highest BCUT2D eigenvalue weighted by atomic mass is 16.5. The number of aromatic nitrogens is 1. The molecule has 1 saturated heterocycles. The minimum Gasteiger partial charge on any atom is -0.493 e. The van der Waals surface area contributed by atoms with E-state index in [0.29, 0.717) is 12.3 Å². The molecule has 0 radical (unpaired) electrons. The van der Waals surface area contributed by atoms with Crippen LogP contribution >= 0.6 is 0 Å². The Balaban J connectivity index is 1.68. The molecule has 4 rings (SSSR count). The van der Waals surface area contributed by atoms with E-state index in [2.05, 4.69) is 34.7 Å². The van der Waals surface area contributed by atoms with Crippen LogP contribution in [0.5, 0.6) is 11.5 Å². The molecule has 2 heterocycles. The molecule has 6 nitrogen and oxygen atoms in total. The second-order valence-corrected chi connectivity index (χ2v) is 8.09. The third-order valence-electron chi connectivity index (χ3n) is 6.22. The molecule has 3 aromatic rings. The smallest absolute Gasteiger partial charge is 0.239 e. The number of hydrogen-bond acceptors (Lipinski definition) is 4. The second-order valence-electron chi connectivity index (χ2n) is 8.09. The Morgan fingerprint density at radius 1 is 1.06 bits per heavy atom. The van der Waals surface area contributed by atoms with Crippen LogP contribution in [0.1, 0.15) is 36.8 Å². The van der Waals surface area contributed by atoms with E-state index in [1.807, 2.05) is 36.1 Å². The number of nitrogens with one attached hydrogen (secondary N) is 2. The Hall–Kier alpha value is -2.99. The first-order valence-corrected chi connectivity index (χ1v) is 10.9. The minimum absolute atomic E-state index is 0.0185. The van der Waals surface area contributed by atoms with Crippen molar-refractivity contribution in [2.75, 3.05) is 33.9 Å². The van der Waals surface area contributed by atoms with Crippen molar-refractivity contribution in [2.45, 2.75) is 31.7 Å². The van der Waals surface area contributed by atoms with E-state index in [1.165, 1.54) is 0 Å². The average molecular weight is 422 g/mol. The summed E-state index contributed by atoms with van der Waals surface area (Å²) in [6.07, 6.45) is 4.25. The average Bonchev–Trinajstić information content (AvgIpc) is 3.49. The second kappa shape index (κ2) is 9.43. The molecule has 0 bridgehead atoms. The van der Waals surface area contributed by atoms with E-state index in [-0.39, 0.29) is 17.9 Å². The number of benzene rings is 2. The van der Waals surface area contributed by atoms with E-state index in [1.54, 1.807) is 14.2 Å². The standard InChI is InChI=1S/C25H31N3O3/c1-17(25(29)28-13-6-7-14-28)26-15-21(19-10-8-12-23(30-2)24(19)31-3)20-16-27-22-11-5-4-9-18(20)22/h4-5,8-12,16-17,21,26-27H,6-7,13-15H2,1-3H3/t17-,21+/m0/s1.